The van der Waals surface area contributed by atoms with Crippen LogP contribution in [0.25, 0.3) is 0 Å². The van der Waals surface area contributed by atoms with E-state index >= 15 is 0 Å². The molecule has 1 N–H and O–H groups in total. The van der Waals surface area contributed by atoms with E-state index in [1.807, 2.05) is 25.2 Å². The Hall–Kier alpha value is -2.08. The molecule has 1 aromatic heterocycles. The number of nitrogens with zero attached hydrogens (tertiary/aromatic N) is 3. The Bertz CT molecular complexity index is 696. The molecular weight excluding hydrogens is 332 g/mol. The molecular formula is C19H28N4OS. The molecule has 0 aliphatic heterocycles. The van der Waals surface area contributed by atoms with Gasteiger partial charge in [0.05, 0.1) is 17.8 Å². The van der Waals surface area contributed by atoms with Crippen LogP contribution in [0.3, 0.4) is 0 Å². The summed E-state index contributed by atoms with van der Waals surface area (Å²) in [6.45, 7) is 5.90. The van der Waals surface area contributed by atoms with Crippen molar-refractivity contribution >= 4 is 17.3 Å². The highest BCUT2D eigenvalue weighted by Gasteiger charge is 2.10. The van der Waals surface area contributed by atoms with Crippen molar-refractivity contribution < 1.29 is 4.74 Å². The van der Waals surface area contributed by atoms with Gasteiger partial charge in [-0.15, -0.1) is 11.3 Å². The molecule has 0 amide bonds. The van der Waals surface area contributed by atoms with Crippen molar-refractivity contribution in [1.82, 2.24) is 15.2 Å². The Morgan fingerprint density at radius 2 is 2.12 bits per heavy atom. The topological polar surface area (TPSA) is 49.8 Å². The lowest BCUT2D eigenvalue weighted by molar-refractivity contribution is 0.396. The number of rotatable bonds is 7. The number of hydrogen-bond acceptors (Lipinski definition) is 4. The minimum Gasteiger partial charge on any atom is -0.496 e. The van der Waals surface area contributed by atoms with E-state index in [4.69, 9.17) is 4.74 Å². The SMILES string of the molecule is CN=C(NCCc1csc(C(C)C)n1)N(C)Cc1ccccc1OC. The number of thiazole rings is 1. The normalized spacial score (nSPS) is 11.7. The average Bonchev–Trinajstić information content (AvgIpc) is 3.08. The zero-order valence-corrected chi connectivity index (χ0v) is 16.6. The second kappa shape index (κ2) is 9.42. The number of methoxy groups -OCH3 is 1. The van der Waals surface area contributed by atoms with E-state index in [0.717, 1.165) is 42.5 Å². The van der Waals surface area contributed by atoms with Crippen LogP contribution in [0.1, 0.15) is 36.0 Å². The van der Waals surface area contributed by atoms with E-state index in [9.17, 15) is 0 Å². The van der Waals surface area contributed by atoms with Crippen molar-refractivity contribution in [3.05, 3.63) is 45.9 Å². The highest BCUT2D eigenvalue weighted by atomic mass is 32.1. The van der Waals surface area contributed by atoms with Crippen LogP contribution in [0.2, 0.25) is 0 Å². The van der Waals surface area contributed by atoms with E-state index in [1.54, 1.807) is 25.5 Å². The molecule has 6 heteroatoms. The molecule has 0 spiro atoms. The van der Waals surface area contributed by atoms with E-state index in [0.29, 0.717) is 5.92 Å². The first kappa shape index (κ1) is 19.2. The Balaban J connectivity index is 1.88. The van der Waals surface area contributed by atoms with Gasteiger partial charge in [-0.3, -0.25) is 4.99 Å². The number of aromatic nitrogens is 1. The fraction of sp³-hybridized carbons (Fsp3) is 0.474. The summed E-state index contributed by atoms with van der Waals surface area (Å²) in [5.74, 6) is 2.25. The summed E-state index contributed by atoms with van der Waals surface area (Å²) < 4.78 is 5.43. The van der Waals surface area contributed by atoms with Gasteiger partial charge >= 0.3 is 0 Å². The molecule has 0 radical (unpaired) electrons. The van der Waals surface area contributed by atoms with Gasteiger partial charge in [0.1, 0.15) is 5.75 Å². The molecule has 1 heterocycles. The second-order valence-electron chi connectivity index (χ2n) is 6.22. The van der Waals surface area contributed by atoms with Crippen LogP contribution in [0.15, 0.2) is 34.6 Å². The van der Waals surface area contributed by atoms with Crippen LogP contribution in [-0.4, -0.2) is 43.6 Å². The molecule has 2 aromatic rings. The maximum atomic E-state index is 5.43. The lowest BCUT2D eigenvalue weighted by Crippen LogP contribution is -2.39. The Morgan fingerprint density at radius 3 is 2.76 bits per heavy atom. The quantitative estimate of drug-likeness (QED) is 0.606. The van der Waals surface area contributed by atoms with Crippen molar-refractivity contribution in [2.75, 3.05) is 27.7 Å². The Morgan fingerprint density at radius 1 is 1.36 bits per heavy atom. The maximum Gasteiger partial charge on any atom is 0.193 e. The highest BCUT2D eigenvalue weighted by Crippen LogP contribution is 2.20. The first-order valence-electron chi connectivity index (χ1n) is 8.53. The van der Waals surface area contributed by atoms with Gasteiger partial charge in [0.15, 0.2) is 5.96 Å². The number of benzene rings is 1. The molecule has 0 atom stereocenters. The number of ether oxygens (including phenoxy) is 1. The van der Waals surface area contributed by atoms with Crippen LogP contribution in [0.5, 0.6) is 5.75 Å². The predicted molar refractivity (Wildman–Crippen MR) is 106 cm³/mol. The molecule has 5 nitrogen and oxygen atoms in total. The van der Waals surface area contributed by atoms with Gasteiger partial charge < -0.3 is 15.0 Å². The molecule has 0 aliphatic rings. The first-order chi connectivity index (χ1) is 12.0. The summed E-state index contributed by atoms with van der Waals surface area (Å²) in [4.78, 5) is 11.1. The third-order valence-corrected chi connectivity index (χ3v) is 5.10. The van der Waals surface area contributed by atoms with Crippen molar-refractivity contribution in [3.63, 3.8) is 0 Å². The Labute approximate surface area is 154 Å². The minimum atomic E-state index is 0.492. The summed E-state index contributed by atoms with van der Waals surface area (Å²) >= 11 is 1.74. The van der Waals surface area contributed by atoms with Crippen LogP contribution in [0, 0.1) is 0 Å². The first-order valence-corrected chi connectivity index (χ1v) is 9.41. The van der Waals surface area contributed by atoms with Gasteiger partial charge in [-0.2, -0.15) is 0 Å². The summed E-state index contributed by atoms with van der Waals surface area (Å²) in [5, 5.41) is 6.77. The van der Waals surface area contributed by atoms with Crippen LogP contribution >= 0.6 is 11.3 Å². The van der Waals surface area contributed by atoms with E-state index < -0.39 is 0 Å². The van der Waals surface area contributed by atoms with Gasteiger partial charge in [0.25, 0.3) is 0 Å². The predicted octanol–water partition coefficient (Wildman–Crippen LogP) is 3.53. The zero-order valence-electron chi connectivity index (χ0n) is 15.7. The third-order valence-electron chi connectivity index (χ3n) is 3.90. The molecule has 0 aliphatic carbocycles. The summed E-state index contributed by atoms with van der Waals surface area (Å²) in [6.07, 6.45) is 0.894. The number of para-hydroxylation sites is 1. The molecule has 0 saturated carbocycles. The van der Waals surface area contributed by atoms with E-state index in [1.165, 1.54) is 5.01 Å². The maximum absolute atomic E-state index is 5.43. The van der Waals surface area contributed by atoms with Gasteiger partial charge in [-0.25, -0.2) is 4.98 Å². The van der Waals surface area contributed by atoms with Crippen LogP contribution in [0.4, 0.5) is 0 Å². The van der Waals surface area contributed by atoms with Gasteiger partial charge in [-0.1, -0.05) is 32.0 Å². The highest BCUT2D eigenvalue weighted by molar-refractivity contribution is 7.09. The summed E-state index contributed by atoms with van der Waals surface area (Å²) in [7, 11) is 5.54. The number of hydrogen-bond donors (Lipinski definition) is 1. The summed E-state index contributed by atoms with van der Waals surface area (Å²) in [5.41, 5.74) is 2.28. The largest absolute Gasteiger partial charge is 0.496 e. The van der Waals surface area contributed by atoms with Crippen molar-refractivity contribution in [3.8, 4) is 5.75 Å². The van der Waals surface area contributed by atoms with E-state index in [-0.39, 0.29) is 0 Å². The smallest absolute Gasteiger partial charge is 0.193 e. The fourth-order valence-electron chi connectivity index (χ4n) is 2.55. The second-order valence-corrected chi connectivity index (χ2v) is 7.11. The van der Waals surface area contributed by atoms with Crippen molar-refractivity contribution in [1.29, 1.82) is 0 Å². The van der Waals surface area contributed by atoms with Crippen LogP contribution < -0.4 is 10.1 Å². The Kier molecular flexibility index (Phi) is 7.25. The standard InChI is InChI=1S/C19H28N4OS/c1-14(2)18-22-16(13-25-18)10-11-21-19(20-3)23(4)12-15-8-6-7-9-17(15)24-5/h6-9,13-14H,10-12H2,1-5H3,(H,20,21). The zero-order chi connectivity index (χ0) is 18.2. The average molecular weight is 361 g/mol. The number of nitrogens with one attached hydrogen (secondary N) is 1. The molecule has 136 valence electrons. The van der Waals surface area contributed by atoms with Crippen molar-refractivity contribution in [2.45, 2.75) is 32.7 Å². The number of guanidine groups is 1. The van der Waals surface area contributed by atoms with Crippen LogP contribution in [-0.2, 0) is 13.0 Å². The fourth-order valence-corrected chi connectivity index (χ4v) is 3.42. The van der Waals surface area contributed by atoms with Gasteiger partial charge in [0, 0.05) is 50.5 Å². The molecule has 0 saturated heterocycles. The monoisotopic (exact) mass is 360 g/mol. The molecule has 0 bridgehead atoms. The molecule has 0 unspecified atom stereocenters. The lowest BCUT2D eigenvalue weighted by Gasteiger charge is -2.23. The van der Waals surface area contributed by atoms with Gasteiger partial charge in [-0.05, 0) is 6.07 Å². The molecule has 25 heavy (non-hydrogen) atoms. The van der Waals surface area contributed by atoms with E-state index in [2.05, 4.69) is 45.5 Å². The number of aliphatic imine (C=N–C) groups is 1. The lowest BCUT2D eigenvalue weighted by atomic mass is 10.2. The summed E-state index contributed by atoms with van der Waals surface area (Å²) in [6, 6.07) is 8.06. The molecule has 0 fully saturated rings. The minimum absolute atomic E-state index is 0.492. The third kappa shape index (κ3) is 5.46. The molecule has 2 rings (SSSR count). The van der Waals surface area contributed by atoms with Gasteiger partial charge in [0.2, 0.25) is 0 Å². The molecule has 1 aromatic carbocycles. The van der Waals surface area contributed by atoms with Crippen molar-refractivity contribution in [2.24, 2.45) is 4.99 Å².